The van der Waals surface area contributed by atoms with Gasteiger partial charge in [-0.05, 0) is 0 Å². The number of hydrogen-bond donors (Lipinski definition) is 1. The first-order chi connectivity index (χ1) is 5.24. The topological polar surface area (TPSA) is 49.8 Å². The third-order valence-corrected chi connectivity index (χ3v) is 1.70. The molecule has 0 bridgehead atoms. The Labute approximate surface area is 65.8 Å². The second kappa shape index (κ2) is 3.69. The van der Waals surface area contributed by atoms with E-state index in [-0.39, 0.29) is 18.6 Å². The second-order valence-corrected chi connectivity index (χ2v) is 2.52. The fourth-order valence-corrected chi connectivity index (χ4v) is 1.06. The van der Waals surface area contributed by atoms with E-state index in [1.165, 1.54) is 0 Å². The largest absolute Gasteiger partial charge is 0.394 e. The van der Waals surface area contributed by atoms with Crippen LogP contribution in [0.2, 0.25) is 0 Å². The Bertz CT molecular complexity index is 149. The zero-order valence-corrected chi connectivity index (χ0v) is 6.32. The maximum atomic E-state index is 10.7. The van der Waals surface area contributed by atoms with Crippen molar-refractivity contribution in [2.75, 3.05) is 26.3 Å². The lowest BCUT2D eigenvalue weighted by molar-refractivity contribution is -0.135. The van der Waals surface area contributed by atoms with E-state index in [1.807, 2.05) is 0 Å². The molecule has 1 heterocycles. The van der Waals surface area contributed by atoms with Crippen LogP contribution in [0.4, 0.5) is 0 Å². The number of morpholine rings is 1. The van der Waals surface area contributed by atoms with E-state index in [1.54, 1.807) is 4.90 Å². The highest BCUT2D eigenvalue weighted by Gasteiger charge is 2.20. The molecule has 1 fully saturated rings. The number of carbonyl (C=O) groups is 1. The lowest BCUT2D eigenvalue weighted by atomic mass is 10.3. The van der Waals surface area contributed by atoms with Crippen LogP contribution in [0.5, 0.6) is 0 Å². The summed E-state index contributed by atoms with van der Waals surface area (Å²) in [4.78, 5) is 12.3. The summed E-state index contributed by atoms with van der Waals surface area (Å²) in [5, 5.41) is 8.71. The number of ether oxygens (including phenoxy) is 1. The van der Waals surface area contributed by atoms with Gasteiger partial charge >= 0.3 is 0 Å². The molecule has 4 heteroatoms. The van der Waals surface area contributed by atoms with Crippen LogP contribution in [0.15, 0.2) is 0 Å². The molecule has 0 aromatic carbocycles. The first kappa shape index (κ1) is 8.49. The summed E-state index contributed by atoms with van der Waals surface area (Å²) in [5.74, 6) is -0.202. The summed E-state index contributed by atoms with van der Waals surface area (Å²) >= 11 is 0. The number of rotatable bonds is 1. The predicted molar refractivity (Wildman–Crippen MR) is 38.8 cm³/mol. The molecule has 0 spiro atoms. The molecule has 1 N–H and O–H groups in total. The lowest BCUT2D eigenvalue weighted by Crippen LogP contribution is -2.46. The Morgan fingerprint density at radius 3 is 3.09 bits per heavy atom. The van der Waals surface area contributed by atoms with E-state index in [9.17, 15) is 4.79 Å². The monoisotopic (exact) mass is 158 g/mol. The van der Waals surface area contributed by atoms with E-state index < -0.39 is 0 Å². The highest BCUT2D eigenvalue weighted by atomic mass is 16.5. The molecule has 63 valence electrons. The molecule has 1 rings (SSSR count). The average molecular weight is 158 g/mol. The quantitative estimate of drug-likeness (QED) is 0.534. The van der Waals surface area contributed by atoms with Gasteiger partial charge in [0.15, 0.2) is 0 Å². The maximum Gasteiger partial charge on any atom is 0.223 e. The Balaban J connectivity index is 2.39. The highest BCUT2D eigenvalue weighted by Crippen LogP contribution is 2.03. The zero-order chi connectivity index (χ0) is 8.27. The summed E-state index contributed by atoms with van der Waals surface area (Å²) in [5.41, 5.74) is 0. The minimum absolute atomic E-state index is 0.0379. The van der Waals surface area contributed by atoms with E-state index in [2.05, 4.69) is 6.92 Å². The summed E-state index contributed by atoms with van der Waals surface area (Å²) in [6.45, 7) is 4.77. The van der Waals surface area contributed by atoms with Crippen molar-refractivity contribution in [1.82, 2.24) is 4.90 Å². The number of amides is 1. The number of hydrogen-bond acceptors (Lipinski definition) is 3. The van der Waals surface area contributed by atoms with Crippen molar-refractivity contribution < 1.29 is 14.6 Å². The van der Waals surface area contributed by atoms with E-state index >= 15 is 0 Å². The smallest absolute Gasteiger partial charge is 0.223 e. The molecule has 1 aliphatic rings. The Morgan fingerprint density at radius 1 is 1.82 bits per heavy atom. The van der Waals surface area contributed by atoms with Crippen LogP contribution in [0.1, 0.15) is 0 Å². The molecule has 0 aromatic rings. The summed E-state index contributed by atoms with van der Waals surface area (Å²) in [6, 6.07) is 0. The van der Waals surface area contributed by atoms with Crippen LogP contribution in [0.3, 0.4) is 0 Å². The van der Waals surface area contributed by atoms with Gasteiger partial charge in [0, 0.05) is 20.0 Å². The average Bonchev–Trinajstić information content (AvgIpc) is 2.05. The van der Waals surface area contributed by atoms with Gasteiger partial charge < -0.3 is 14.7 Å². The minimum Gasteiger partial charge on any atom is -0.394 e. The van der Waals surface area contributed by atoms with Crippen molar-refractivity contribution in [3.8, 4) is 0 Å². The highest BCUT2D eigenvalue weighted by molar-refractivity contribution is 5.80. The van der Waals surface area contributed by atoms with Crippen molar-refractivity contribution in [3.63, 3.8) is 0 Å². The first-order valence-corrected chi connectivity index (χ1v) is 3.57. The number of carbonyl (C=O) groups excluding carboxylic acids is 1. The van der Waals surface area contributed by atoms with Crippen LogP contribution in [-0.2, 0) is 9.53 Å². The fourth-order valence-electron chi connectivity index (χ4n) is 1.06. The Kier molecular flexibility index (Phi) is 2.84. The lowest BCUT2D eigenvalue weighted by Gasteiger charge is -2.31. The summed E-state index contributed by atoms with van der Waals surface area (Å²) < 4.78 is 5.14. The molecule has 1 aliphatic heterocycles. The van der Waals surface area contributed by atoms with Crippen LogP contribution in [-0.4, -0.2) is 48.3 Å². The van der Waals surface area contributed by atoms with Crippen LogP contribution < -0.4 is 0 Å². The third kappa shape index (κ3) is 2.17. The van der Waals surface area contributed by atoms with Crippen molar-refractivity contribution in [2.24, 2.45) is 0 Å². The van der Waals surface area contributed by atoms with E-state index in [4.69, 9.17) is 9.84 Å². The molecule has 0 saturated carbocycles. The SMILES string of the molecule is [CH2]C(=O)N1CCOC(CO)C1. The predicted octanol–water partition coefficient (Wildman–Crippen LogP) is -0.960. The molecule has 1 atom stereocenters. The van der Waals surface area contributed by atoms with Gasteiger partial charge in [-0.15, -0.1) is 0 Å². The maximum absolute atomic E-state index is 10.7. The van der Waals surface area contributed by atoms with Gasteiger partial charge in [0.05, 0.1) is 19.3 Å². The van der Waals surface area contributed by atoms with Crippen LogP contribution in [0.25, 0.3) is 0 Å². The molecular formula is C7H12NO3. The van der Waals surface area contributed by atoms with Crippen molar-refractivity contribution in [3.05, 3.63) is 6.92 Å². The van der Waals surface area contributed by atoms with Gasteiger partial charge in [-0.3, -0.25) is 4.79 Å². The van der Waals surface area contributed by atoms with Gasteiger partial charge in [-0.1, -0.05) is 0 Å². The fraction of sp³-hybridized carbons (Fsp3) is 0.714. The van der Waals surface area contributed by atoms with E-state index in [0.29, 0.717) is 19.7 Å². The van der Waals surface area contributed by atoms with Gasteiger partial charge in [0.1, 0.15) is 0 Å². The summed E-state index contributed by atoms with van der Waals surface area (Å²) in [6.07, 6.45) is -0.227. The number of nitrogens with zero attached hydrogens (tertiary/aromatic N) is 1. The van der Waals surface area contributed by atoms with Gasteiger partial charge in [-0.25, -0.2) is 0 Å². The standard InChI is InChI=1S/C7H12NO3/c1-6(10)8-2-3-11-7(4-8)5-9/h7,9H,1-5H2. The molecule has 1 amide bonds. The molecule has 0 aliphatic carbocycles. The van der Waals surface area contributed by atoms with Crippen LogP contribution in [0, 0.1) is 6.92 Å². The first-order valence-electron chi connectivity index (χ1n) is 3.57. The summed E-state index contributed by atoms with van der Waals surface area (Å²) in [7, 11) is 0. The number of aliphatic hydroxyl groups is 1. The van der Waals surface area contributed by atoms with Crippen LogP contribution >= 0.6 is 0 Å². The molecular weight excluding hydrogens is 146 g/mol. The van der Waals surface area contributed by atoms with Crippen molar-refractivity contribution in [1.29, 1.82) is 0 Å². The zero-order valence-electron chi connectivity index (χ0n) is 6.32. The van der Waals surface area contributed by atoms with Gasteiger partial charge in [-0.2, -0.15) is 0 Å². The molecule has 1 saturated heterocycles. The Hall–Kier alpha value is -0.610. The van der Waals surface area contributed by atoms with Crippen molar-refractivity contribution >= 4 is 5.91 Å². The number of aliphatic hydroxyl groups excluding tert-OH is 1. The van der Waals surface area contributed by atoms with E-state index in [0.717, 1.165) is 0 Å². The molecule has 0 aromatic heterocycles. The molecule has 11 heavy (non-hydrogen) atoms. The van der Waals surface area contributed by atoms with Gasteiger partial charge in [0.25, 0.3) is 0 Å². The molecule has 4 nitrogen and oxygen atoms in total. The van der Waals surface area contributed by atoms with Crippen molar-refractivity contribution in [2.45, 2.75) is 6.10 Å². The third-order valence-electron chi connectivity index (χ3n) is 1.70. The Morgan fingerprint density at radius 2 is 2.55 bits per heavy atom. The molecule has 1 radical (unpaired) electrons. The second-order valence-electron chi connectivity index (χ2n) is 2.52. The molecule has 1 unspecified atom stereocenters. The van der Waals surface area contributed by atoms with Gasteiger partial charge in [0.2, 0.25) is 5.91 Å². The normalized spacial score (nSPS) is 25.3. The minimum atomic E-state index is -0.227.